The van der Waals surface area contributed by atoms with Gasteiger partial charge >= 0.3 is 0 Å². The third-order valence-corrected chi connectivity index (χ3v) is 5.41. The number of carboxylic acid groups (broad SMARTS) is 1. The number of hydrogen-bond acceptors (Lipinski definition) is 7. The molecule has 0 radical (unpaired) electrons. The van der Waals surface area contributed by atoms with Crippen LogP contribution in [0, 0.1) is 0 Å². The summed E-state index contributed by atoms with van der Waals surface area (Å²) in [6.45, 7) is 3.18. The van der Waals surface area contributed by atoms with Gasteiger partial charge in [-0.25, -0.2) is 0 Å². The molecule has 1 amide bonds. The number of ether oxygens (including phenoxy) is 1. The van der Waals surface area contributed by atoms with Crippen LogP contribution in [0.15, 0.2) is 47.2 Å². The Bertz CT molecular complexity index is 777. The summed E-state index contributed by atoms with van der Waals surface area (Å²) >= 11 is 0. The smallest absolute Gasteiger partial charge is 0.290 e. The molecule has 9 heteroatoms. The molecule has 2 fully saturated rings. The second-order valence-corrected chi connectivity index (χ2v) is 7.29. The summed E-state index contributed by atoms with van der Waals surface area (Å²) in [5.74, 6) is -0.139. The Balaban J connectivity index is 0.000000806. The lowest BCUT2D eigenvalue weighted by Gasteiger charge is -2.43. The van der Waals surface area contributed by atoms with E-state index in [9.17, 15) is 9.90 Å². The van der Waals surface area contributed by atoms with Gasteiger partial charge in [-0.3, -0.25) is 9.59 Å². The molecule has 9 nitrogen and oxygen atoms in total. The minimum atomic E-state index is -0.250. The summed E-state index contributed by atoms with van der Waals surface area (Å²) in [6, 6.07) is 11.4. The average Bonchev–Trinajstić information content (AvgIpc) is 3.31. The van der Waals surface area contributed by atoms with E-state index in [0.29, 0.717) is 18.8 Å². The molecule has 2 saturated heterocycles. The third kappa shape index (κ3) is 5.44. The van der Waals surface area contributed by atoms with Gasteiger partial charge in [0.25, 0.3) is 12.4 Å². The van der Waals surface area contributed by atoms with Crippen LogP contribution in [0.25, 0.3) is 0 Å². The van der Waals surface area contributed by atoms with Crippen LogP contribution >= 0.6 is 0 Å². The van der Waals surface area contributed by atoms with Crippen LogP contribution in [0.5, 0.6) is 0 Å². The van der Waals surface area contributed by atoms with Gasteiger partial charge in [0, 0.05) is 32.2 Å². The van der Waals surface area contributed by atoms with Crippen LogP contribution in [-0.4, -0.2) is 82.5 Å². The van der Waals surface area contributed by atoms with Gasteiger partial charge in [-0.1, -0.05) is 35.5 Å². The van der Waals surface area contributed by atoms with Gasteiger partial charge in [0.15, 0.2) is 5.69 Å². The van der Waals surface area contributed by atoms with Crippen molar-refractivity contribution in [1.29, 1.82) is 0 Å². The third-order valence-electron chi connectivity index (χ3n) is 5.41. The van der Waals surface area contributed by atoms with Crippen LogP contribution in [-0.2, 0) is 9.53 Å². The molecule has 1 aromatic carbocycles. The highest BCUT2D eigenvalue weighted by Gasteiger charge is 2.38. The monoisotopic (exact) mass is 417 g/mol. The van der Waals surface area contributed by atoms with E-state index in [2.05, 4.69) is 10.1 Å². The Morgan fingerprint density at radius 3 is 2.50 bits per heavy atom. The Kier molecular flexibility index (Phi) is 7.95. The molecule has 1 aromatic heterocycles. The van der Waals surface area contributed by atoms with Crippen molar-refractivity contribution >= 4 is 12.4 Å². The highest BCUT2D eigenvalue weighted by atomic mass is 16.5. The lowest BCUT2D eigenvalue weighted by molar-refractivity contribution is -0.122. The topological polar surface area (TPSA) is 116 Å². The Labute approximate surface area is 174 Å². The molecule has 2 aliphatic heterocycles. The van der Waals surface area contributed by atoms with Crippen LogP contribution < -0.4 is 0 Å². The highest BCUT2D eigenvalue weighted by Crippen LogP contribution is 2.31. The van der Waals surface area contributed by atoms with Gasteiger partial charge < -0.3 is 29.3 Å². The number of rotatable bonds is 4. The maximum absolute atomic E-state index is 13.0. The summed E-state index contributed by atoms with van der Waals surface area (Å²) in [5, 5.41) is 20.5. The van der Waals surface area contributed by atoms with E-state index in [1.807, 2.05) is 35.2 Å². The zero-order chi connectivity index (χ0) is 21.3. The normalized spacial score (nSPS) is 22.8. The lowest BCUT2D eigenvalue weighted by Crippen LogP contribution is -2.52. The van der Waals surface area contributed by atoms with Gasteiger partial charge in [0.1, 0.15) is 6.26 Å². The van der Waals surface area contributed by atoms with Crippen molar-refractivity contribution in [1.82, 2.24) is 15.0 Å². The first-order valence-corrected chi connectivity index (χ1v) is 10.00. The summed E-state index contributed by atoms with van der Waals surface area (Å²) in [7, 11) is 0. The largest absolute Gasteiger partial charge is 0.483 e. The Morgan fingerprint density at radius 2 is 1.87 bits per heavy atom. The standard InChI is InChI=1S/C20H25N3O4.CH2O2/c24-16-6-9-22(10-7-16)14-18-19(15-4-2-1-3-5-15)23(11-13-26-18)20(25)17-8-12-27-21-17;2-1-3/h1-5,8,12,16,18-19,24H,6-7,9-11,13-14H2;1H,(H,2,3)/t18-,19-;/m0./s1. The number of aliphatic hydroxyl groups is 1. The van der Waals surface area contributed by atoms with E-state index in [-0.39, 0.29) is 30.6 Å². The van der Waals surface area contributed by atoms with Crippen LogP contribution in [0.4, 0.5) is 0 Å². The van der Waals surface area contributed by atoms with E-state index in [1.54, 1.807) is 6.07 Å². The van der Waals surface area contributed by atoms with Crippen LogP contribution in [0.3, 0.4) is 0 Å². The molecule has 2 N–H and O–H groups in total. The summed E-state index contributed by atoms with van der Waals surface area (Å²) < 4.78 is 11.0. The molecule has 0 aliphatic carbocycles. The molecule has 2 aromatic rings. The molecule has 30 heavy (non-hydrogen) atoms. The molecule has 0 saturated carbocycles. The fourth-order valence-electron chi connectivity index (χ4n) is 3.98. The Hall–Kier alpha value is -2.75. The van der Waals surface area contributed by atoms with Crippen molar-refractivity contribution in [3.8, 4) is 0 Å². The number of carbonyl (C=O) groups is 2. The molecule has 0 unspecified atom stereocenters. The summed E-state index contributed by atoms with van der Waals surface area (Å²) in [5.41, 5.74) is 1.37. The summed E-state index contributed by atoms with van der Waals surface area (Å²) in [6.07, 6.45) is 2.65. The molecular formula is C21H27N3O6. The SMILES string of the molecule is O=C(c1ccon1)N1CCO[C@@H](CN2CCC(O)CC2)[C@@H]1c1ccccc1.O=CO. The number of nitrogens with zero attached hydrogens (tertiary/aromatic N) is 3. The fraction of sp³-hybridized carbons (Fsp3) is 0.476. The maximum Gasteiger partial charge on any atom is 0.290 e. The van der Waals surface area contributed by atoms with E-state index in [1.165, 1.54) is 6.26 Å². The molecule has 0 spiro atoms. The van der Waals surface area contributed by atoms with Crippen molar-refractivity contribution < 1.29 is 29.1 Å². The number of benzene rings is 1. The fourth-order valence-corrected chi connectivity index (χ4v) is 3.98. The number of aromatic nitrogens is 1. The van der Waals surface area contributed by atoms with E-state index in [4.69, 9.17) is 19.2 Å². The first-order valence-electron chi connectivity index (χ1n) is 10.00. The van der Waals surface area contributed by atoms with Crippen molar-refractivity contribution in [3.05, 3.63) is 53.9 Å². The minimum absolute atomic E-state index is 0.132. The predicted octanol–water partition coefficient (Wildman–Crippen LogP) is 1.41. The van der Waals surface area contributed by atoms with Crippen molar-refractivity contribution in [2.75, 3.05) is 32.8 Å². The maximum atomic E-state index is 13.0. The lowest BCUT2D eigenvalue weighted by atomic mass is 9.96. The molecule has 4 rings (SSSR count). The van der Waals surface area contributed by atoms with E-state index in [0.717, 1.165) is 38.0 Å². The number of carbonyl (C=O) groups excluding carboxylic acids is 1. The molecule has 162 valence electrons. The van der Waals surface area contributed by atoms with Crippen LogP contribution in [0.1, 0.15) is 34.9 Å². The molecule has 2 aliphatic rings. The summed E-state index contributed by atoms with van der Waals surface area (Å²) in [4.78, 5) is 25.6. The van der Waals surface area contributed by atoms with E-state index >= 15 is 0 Å². The first-order chi connectivity index (χ1) is 14.6. The van der Waals surface area contributed by atoms with Crippen molar-refractivity contribution in [2.45, 2.75) is 31.1 Å². The second-order valence-electron chi connectivity index (χ2n) is 7.29. The van der Waals surface area contributed by atoms with Gasteiger partial charge in [-0.2, -0.15) is 0 Å². The number of piperidine rings is 1. The number of hydrogen-bond donors (Lipinski definition) is 2. The first kappa shape index (κ1) is 21.9. The van der Waals surface area contributed by atoms with Crippen LogP contribution in [0.2, 0.25) is 0 Å². The van der Waals surface area contributed by atoms with Crippen molar-refractivity contribution in [3.63, 3.8) is 0 Å². The zero-order valence-corrected chi connectivity index (χ0v) is 16.7. The van der Waals surface area contributed by atoms with Gasteiger partial charge in [0.2, 0.25) is 0 Å². The van der Waals surface area contributed by atoms with Gasteiger partial charge in [-0.05, 0) is 18.4 Å². The number of aliphatic hydroxyl groups excluding tert-OH is 1. The number of morpholine rings is 1. The zero-order valence-electron chi connectivity index (χ0n) is 16.7. The average molecular weight is 417 g/mol. The van der Waals surface area contributed by atoms with E-state index < -0.39 is 0 Å². The highest BCUT2D eigenvalue weighted by molar-refractivity contribution is 5.92. The number of likely N-dealkylation sites (tertiary alicyclic amines) is 1. The molecule has 2 atom stereocenters. The van der Waals surface area contributed by atoms with Gasteiger partial charge in [-0.15, -0.1) is 0 Å². The minimum Gasteiger partial charge on any atom is -0.483 e. The van der Waals surface area contributed by atoms with Gasteiger partial charge in [0.05, 0.1) is 24.9 Å². The van der Waals surface area contributed by atoms with Crippen molar-refractivity contribution in [2.24, 2.45) is 0 Å². The molecule has 3 heterocycles. The molecule has 0 bridgehead atoms. The molecular weight excluding hydrogens is 390 g/mol. The number of amides is 1. The second kappa shape index (κ2) is 10.9. The Morgan fingerprint density at radius 1 is 1.17 bits per heavy atom. The quantitative estimate of drug-likeness (QED) is 0.718. The predicted molar refractivity (Wildman–Crippen MR) is 107 cm³/mol.